The van der Waals surface area contributed by atoms with Crippen LogP contribution in [0.25, 0.3) is 21.5 Å². The Hall–Kier alpha value is -2.39. The molecule has 100 valence electrons. The van der Waals surface area contributed by atoms with Crippen molar-refractivity contribution in [1.82, 2.24) is 5.32 Å². The lowest BCUT2D eigenvalue weighted by atomic mass is 9.99. The topological polar surface area (TPSA) is 49.3 Å². The summed E-state index contributed by atoms with van der Waals surface area (Å²) < 4.78 is 0. The molecule has 3 rings (SSSR count). The highest BCUT2D eigenvalue weighted by Crippen LogP contribution is 2.25. The van der Waals surface area contributed by atoms with E-state index < -0.39 is 0 Å². The quantitative estimate of drug-likeness (QED) is 0.715. The van der Waals surface area contributed by atoms with Crippen molar-refractivity contribution < 1.29 is 9.90 Å². The van der Waals surface area contributed by atoms with Crippen molar-refractivity contribution in [2.45, 2.75) is 0 Å². The van der Waals surface area contributed by atoms with Gasteiger partial charge in [-0.15, -0.1) is 0 Å². The van der Waals surface area contributed by atoms with Crippen molar-refractivity contribution in [2.75, 3.05) is 13.2 Å². The Balaban J connectivity index is 2.17. The molecule has 0 aliphatic heterocycles. The summed E-state index contributed by atoms with van der Waals surface area (Å²) in [5, 5.41) is 15.7. The van der Waals surface area contributed by atoms with Gasteiger partial charge in [-0.3, -0.25) is 4.79 Å². The van der Waals surface area contributed by atoms with Crippen LogP contribution in [-0.2, 0) is 0 Å². The molecule has 20 heavy (non-hydrogen) atoms. The van der Waals surface area contributed by atoms with E-state index in [2.05, 4.69) is 17.4 Å². The summed E-state index contributed by atoms with van der Waals surface area (Å²) in [6.07, 6.45) is 0. The monoisotopic (exact) mass is 265 g/mol. The number of carbonyl (C=O) groups excluding carboxylic acids is 1. The minimum atomic E-state index is -0.153. The van der Waals surface area contributed by atoms with Gasteiger partial charge in [-0.2, -0.15) is 0 Å². The highest BCUT2D eigenvalue weighted by Gasteiger charge is 2.09. The fourth-order valence-corrected chi connectivity index (χ4v) is 2.43. The van der Waals surface area contributed by atoms with Gasteiger partial charge in [0.05, 0.1) is 6.61 Å². The molecule has 0 radical (unpaired) electrons. The van der Waals surface area contributed by atoms with Crippen molar-refractivity contribution >= 4 is 27.5 Å². The molecule has 0 unspecified atom stereocenters. The first-order valence-electron chi connectivity index (χ1n) is 6.60. The van der Waals surface area contributed by atoms with Gasteiger partial charge < -0.3 is 10.4 Å². The lowest BCUT2D eigenvalue weighted by Gasteiger charge is -2.08. The van der Waals surface area contributed by atoms with E-state index in [1.165, 1.54) is 0 Å². The summed E-state index contributed by atoms with van der Waals surface area (Å²) in [6, 6.07) is 17.9. The number of nitrogens with one attached hydrogen (secondary N) is 1. The largest absolute Gasteiger partial charge is 0.395 e. The fourth-order valence-electron chi connectivity index (χ4n) is 2.43. The Bertz CT molecular complexity index is 780. The summed E-state index contributed by atoms with van der Waals surface area (Å²) in [6.45, 7) is 0.211. The average molecular weight is 265 g/mol. The number of carbonyl (C=O) groups is 1. The average Bonchev–Trinajstić information content (AvgIpc) is 2.50. The second-order valence-electron chi connectivity index (χ2n) is 4.71. The maximum Gasteiger partial charge on any atom is 0.251 e. The Kier molecular flexibility index (Phi) is 3.35. The standard InChI is InChI=1S/C17H15NO2/c19-9-8-18-17(20)15-7-3-6-14-10-12-4-1-2-5-13(12)11-16(14)15/h1-7,10-11,19H,8-9H2,(H,18,20). The molecule has 0 aromatic heterocycles. The second kappa shape index (κ2) is 5.31. The van der Waals surface area contributed by atoms with Crippen molar-refractivity contribution in [3.63, 3.8) is 0 Å². The van der Waals surface area contributed by atoms with Gasteiger partial charge in [0.15, 0.2) is 0 Å². The molecule has 0 bridgehead atoms. The van der Waals surface area contributed by atoms with E-state index in [1.807, 2.05) is 42.5 Å². The van der Waals surface area contributed by atoms with Crippen LogP contribution in [0.4, 0.5) is 0 Å². The maximum atomic E-state index is 12.1. The van der Waals surface area contributed by atoms with Gasteiger partial charge in [0.25, 0.3) is 5.91 Å². The molecule has 3 aromatic rings. The first kappa shape index (κ1) is 12.6. The SMILES string of the molecule is O=C(NCCO)c1cccc2cc3ccccc3cc12. The molecule has 3 aromatic carbocycles. The van der Waals surface area contributed by atoms with Crippen LogP contribution >= 0.6 is 0 Å². The Labute approximate surface area is 116 Å². The predicted molar refractivity (Wildman–Crippen MR) is 80.9 cm³/mol. The molecule has 3 heteroatoms. The summed E-state index contributed by atoms with van der Waals surface area (Å²) in [5.74, 6) is -0.153. The van der Waals surface area contributed by atoms with Crippen LogP contribution in [-0.4, -0.2) is 24.2 Å². The van der Waals surface area contributed by atoms with Gasteiger partial charge in [0, 0.05) is 12.1 Å². The van der Waals surface area contributed by atoms with Crippen LogP contribution in [0, 0.1) is 0 Å². The third kappa shape index (κ3) is 2.24. The van der Waals surface area contributed by atoms with E-state index in [1.54, 1.807) is 0 Å². The summed E-state index contributed by atoms with van der Waals surface area (Å²) in [4.78, 5) is 12.1. The minimum absolute atomic E-state index is 0.0561. The van der Waals surface area contributed by atoms with Gasteiger partial charge in [-0.25, -0.2) is 0 Å². The molecule has 0 atom stereocenters. The number of hydrogen-bond acceptors (Lipinski definition) is 2. The number of benzene rings is 3. The molecule has 0 aliphatic carbocycles. The van der Waals surface area contributed by atoms with Gasteiger partial charge in [0.2, 0.25) is 0 Å². The minimum Gasteiger partial charge on any atom is -0.395 e. The lowest BCUT2D eigenvalue weighted by Crippen LogP contribution is -2.26. The van der Waals surface area contributed by atoms with E-state index >= 15 is 0 Å². The van der Waals surface area contributed by atoms with Crippen LogP contribution in [0.15, 0.2) is 54.6 Å². The van der Waals surface area contributed by atoms with Crippen LogP contribution in [0.5, 0.6) is 0 Å². The van der Waals surface area contributed by atoms with Crippen molar-refractivity contribution in [3.8, 4) is 0 Å². The van der Waals surface area contributed by atoms with Crippen molar-refractivity contribution in [3.05, 3.63) is 60.2 Å². The van der Waals surface area contributed by atoms with Gasteiger partial charge in [-0.05, 0) is 39.7 Å². The van der Waals surface area contributed by atoms with Gasteiger partial charge in [0.1, 0.15) is 0 Å². The van der Waals surface area contributed by atoms with E-state index in [-0.39, 0.29) is 19.1 Å². The van der Waals surface area contributed by atoms with Gasteiger partial charge >= 0.3 is 0 Å². The van der Waals surface area contributed by atoms with E-state index in [4.69, 9.17) is 5.11 Å². The molecule has 2 N–H and O–H groups in total. The predicted octanol–water partition coefficient (Wildman–Crippen LogP) is 2.72. The second-order valence-corrected chi connectivity index (χ2v) is 4.71. The lowest BCUT2D eigenvalue weighted by molar-refractivity contribution is 0.0946. The molecular formula is C17H15NO2. The molecule has 0 spiro atoms. The first-order chi connectivity index (χ1) is 9.79. The summed E-state index contributed by atoms with van der Waals surface area (Å²) >= 11 is 0. The van der Waals surface area contributed by atoms with E-state index in [0.717, 1.165) is 21.5 Å². The fraction of sp³-hybridized carbons (Fsp3) is 0.118. The number of hydrogen-bond donors (Lipinski definition) is 2. The Morgan fingerprint density at radius 3 is 2.40 bits per heavy atom. The molecule has 0 heterocycles. The number of aliphatic hydroxyl groups is 1. The molecular weight excluding hydrogens is 250 g/mol. The molecule has 0 aliphatic rings. The zero-order valence-electron chi connectivity index (χ0n) is 11.0. The molecule has 1 amide bonds. The van der Waals surface area contributed by atoms with E-state index in [9.17, 15) is 4.79 Å². The molecule has 3 nitrogen and oxygen atoms in total. The third-order valence-corrected chi connectivity index (χ3v) is 3.39. The number of fused-ring (bicyclic) bond motifs is 2. The highest BCUT2D eigenvalue weighted by molar-refractivity contribution is 6.10. The van der Waals surface area contributed by atoms with E-state index in [0.29, 0.717) is 5.56 Å². The van der Waals surface area contributed by atoms with Crippen LogP contribution in [0.3, 0.4) is 0 Å². The van der Waals surface area contributed by atoms with Crippen molar-refractivity contribution in [1.29, 1.82) is 0 Å². The molecule has 0 fully saturated rings. The van der Waals surface area contributed by atoms with Crippen LogP contribution in [0.2, 0.25) is 0 Å². The molecule has 0 saturated carbocycles. The van der Waals surface area contributed by atoms with Crippen molar-refractivity contribution in [2.24, 2.45) is 0 Å². The normalized spacial score (nSPS) is 10.8. The Morgan fingerprint density at radius 1 is 0.950 bits per heavy atom. The Morgan fingerprint density at radius 2 is 1.65 bits per heavy atom. The van der Waals surface area contributed by atoms with Crippen LogP contribution < -0.4 is 5.32 Å². The smallest absolute Gasteiger partial charge is 0.251 e. The zero-order chi connectivity index (χ0) is 13.9. The van der Waals surface area contributed by atoms with Crippen LogP contribution in [0.1, 0.15) is 10.4 Å². The number of aliphatic hydroxyl groups excluding tert-OH is 1. The summed E-state index contributed by atoms with van der Waals surface area (Å²) in [7, 11) is 0. The summed E-state index contributed by atoms with van der Waals surface area (Å²) in [5.41, 5.74) is 0.640. The molecule has 0 saturated heterocycles. The van der Waals surface area contributed by atoms with Gasteiger partial charge in [-0.1, -0.05) is 36.4 Å². The number of rotatable bonds is 3. The maximum absolute atomic E-state index is 12.1. The highest BCUT2D eigenvalue weighted by atomic mass is 16.3. The number of amides is 1. The zero-order valence-corrected chi connectivity index (χ0v) is 11.0. The third-order valence-electron chi connectivity index (χ3n) is 3.39. The first-order valence-corrected chi connectivity index (χ1v) is 6.60.